The highest BCUT2D eigenvalue weighted by atomic mass is 16.6. The first-order valence-corrected chi connectivity index (χ1v) is 9.23. The third-order valence-corrected chi connectivity index (χ3v) is 4.04. The topological polar surface area (TPSA) is 68.2 Å². The maximum Gasteiger partial charge on any atom is 0.410 e. The first-order chi connectivity index (χ1) is 12.3. The Balaban J connectivity index is 1.58. The number of carbonyl (C=O) groups excluding carboxylic acids is 1. The number of likely N-dealkylation sites (tertiary alicyclic amines) is 1. The molecule has 6 heteroatoms. The summed E-state index contributed by atoms with van der Waals surface area (Å²) in [6.45, 7) is 7.77. The third-order valence-electron chi connectivity index (χ3n) is 4.04. The van der Waals surface area contributed by atoms with E-state index >= 15 is 0 Å². The average Bonchev–Trinajstić information content (AvgIpc) is 2.60. The molecule has 1 aromatic carbocycles. The number of aliphatic hydroxyl groups excluding tert-OH is 1. The van der Waals surface area contributed by atoms with Crippen molar-refractivity contribution in [3.8, 4) is 0 Å². The van der Waals surface area contributed by atoms with E-state index in [4.69, 9.17) is 14.2 Å². The number of hydrogen-bond donors (Lipinski definition) is 1. The molecule has 1 N–H and O–H groups in total. The number of hydrogen-bond acceptors (Lipinski definition) is 5. The second-order valence-corrected chi connectivity index (χ2v) is 7.65. The van der Waals surface area contributed by atoms with Crippen LogP contribution < -0.4 is 0 Å². The van der Waals surface area contributed by atoms with E-state index < -0.39 is 11.7 Å². The number of amides is 1. The smallest absolute Gasteiger partial charge is 0.410 e. The molecule has 0 bridgehead atoms. The number of carbonyl (C=O) groups is 1. The molecule has 2 rings (SSSR count). The highest BCUT2D eigenvalue weighted by molar-refractivity contribution is 5.68. The fourth-order valence-electron chi connectivity index (χ4n) is 2.71. The summed E-state index contributed by atoms with van der Waals surface area (Å²) in [5.74, 6) is 0. The van der Waals surface area contributed by atoms with Gasteiger partial charge >= 0.3 is 6.09 Å². The quantitative estimate of drug-likeness (QED) is 0.804. The monoisotopic (exact) mass is 365 g/mol. The Kier molecular flexibility index (Phi) is 7.87. The maximum atomic E-state index is 12.0. The van der Waals surface area contributed by atoms with Gasteiger partial charge in [-0.15, -0.1) is 0 Å². The molecule has 1 atom stereocenters. The molecule has 0 unspecified atom stereocenters. The van der Waals surface area contributed by atoms with Gasteiger partial charge in [0.15, 0.2) is 0 Å². The molecule has 1 fully saturated rings. The Bertz CT molecular complexity index is 535. The lowest BCUT2D eigenvalue weighted by Crippen LogP contribution is -2.44. The van der Waals surface area contributed by atoms with Crippen LogP contribution in [-0.2, 0) is 20.8 Å². The first kappa shape index (κ1) is 20.7. The highest BCUT2D eigenvalue weighted by Gasteiger charge is 2.27. The Hall–Kier alpha value is -1.63. The van der Waals surface area contributed by atoms with E-state index in [1.165, 1.54) is 0 Å². The lowest BCUT2D eigenvalue weighted by atomic mass is 10.1. The van der Waals surface area contributed by atoms with Crippen molar-refractivity contribution < 1.29 is 24.1 Å². The maximum absolute atomic E-state index is 12.0. The van der Waals surface area contributed by atoms with Gasteiger partial charge in [-0.2, -0.15) is 0 Å². The molecule has 0 aliphatic carbocycles. The molecule has 1 heterocycles. The van der Waals surface area contributed by atoms with Crippen LogP contribution in [0, 0.1) is 0 Å². The van der Waals surface area contributed by atoms with Crippen LogP contribution in [0.1, 0.15) is 39.2 Å². The van der Waals surface area contributed by atoms with Crippen LogP contribution in [0.5, 0.6) is 0 Å². The van der Waals surface area contributed by atoms with E-state index in [2.05, 4.69) is 0 Å². The summed E-state index contributed by atoms with van der Waals surface area (Å²) in [6, 6.07) is 9.85. The third kappa shape index (κ3) is 7.72. The number of rotatable bonds is 7. The van der Waals surface area contributed by atoms with Crippen LogP contribution in [0.2, 0.25) is 0 Å². The van der Waals surface area contributed by atoms with Gasteiger partial charge in [-0.1, -0.05) is 30.3 Å². The number of benzene rings is 1. The predicted octanol–water partition coefficient (Wildman–Crippen LogP) is 2.98. The summed E-state index contributed by atoms with van der Waals surface area (Å²) in [6.07, 6.45) is 0.624. The minimum absolute atomic E-state index is 0.0532. The summed E-state index contributed by atoms with van der Waals surface area (Å²) in [4.78, 5) is 13.7. The van der Waals surface area contributed by atoms with E-state index in [9.17, 15) is 9.90 Å². The van der Waals surface area contributed by atoms with Crippen LogP contribution in [-0.4, -0.2) is 60.2 Å². The minimum Gasteiger partial charge on any atom is -0.444 e. The summed E-state index contributed by atoms with van der Waals surface area (Å²) in [7, 11) is 0. The van der Waals surface area contributed by atoms with Gasteiger partial charge in [-0.3, -0.25) is 0 Å². The van der Waals surface area contributed by atoms with Crippen molar-refractivity contribution in [1.29, 1.82) is 0 Å². The standard InChI is InChI=1S/C20H31NO5/c1-20(2,3)26-19(23)21-11-9-18(10-12-21)25-15-17(22)14-24-13-16-7-5-4-6-8-16/h4-8,17-18,22H,9-15H2,1-3H3/t17-/m0/s1. The molecule has 1 aromatic rings. The highest BCUT2D eigenvalue weighted by Crippen LogP contribution is 2.17. The van der Waals surface area contributed by atoms with Gasteiger partial charge in [0, 0.05) is 13.1 Å². The normalized spacial score (nSPS) is 17.2. The summed E-state index contributed by atoms with van der Waals surface area (Å²) in [5, 5.41) is 9.99. The number of piperidine rings is 1. The fourth-order valence-corrected chi connectivity index (χ4v) is 2.71. The van der Waals surface area contributed by atoms with Gasteiger partial charge in [0.25, 0.3) is 0 Å². The number of aliphatic hydroxyl groups is 1. The number of nitrogens with zero attached hydrogens (tertiary/aromatic N) is 1. The fraction of sp³-hybridized carbons (Fsp3) is 0.650. The van der Waals surface area contributed by atoms with Crippen LogP contribution in [0.25, 0.3) is 0 Å². The van der Waals surface area contributed by atoms with Crippen molar-refractivity contribution in [2.45, 2.75) is 58.0 Å². The Morgan fingerprint density at radius 1 is 1.19 bits per heavy atom. The van der Waals surface area contributed by atoms with Crippen LogP contribution in [0.3, 0.4) is 0 Å². The van der Waals surface area contributed by atoms with Crippen molar-refractivity contribution in [2.75, 3.05) is 26.3 Å². The molecule has 1 saturated heterocycles. The van der Waals surface area contributed by atoms with Crippen molar-refractivity contribution in [1.82, 2.24) is 4.90 Å². The van der Waals surface area contributed by atoms with E-state index in [1.54, 1.807) is 4.90 Å². The zero-order valence-corrected chi connectivity index (χ0v) is 16.0. The molecule has 6 nitrogen and oxygen atoms in total. The summed E-state index contributed by atoms with van der Waals surface area (Å²) < 4.78 is 16.7. The molecule has 1 aliphatic rings. The molecule has 0 aromatic heterocycles. The van der Waals surface area contributed by atoms with Crippen LogP contribution in [0.4, 0.5) is 4.79 Å². The van der Waals surface area contributed by atoms with Crippen molar-refractivity contribution in [2.24, 2.45) is 0 Å². The summed E-state index contributed by atoms with van der Waals surface area (Å²) >= 11 is 0. The molecule has 146 valence electrons. The van der Waals surface area contributed by atoms with Gasteiger partial charge in [-0.25, -0.2) is 4.79 Å². The van der Waals surface area contributed by atoms with Gasteiger partial charge < -0.3 is 24.2 Å². The number of ether oxygens (including phenoxy) is 3. The molecule has 0 radical (unpaired) electrons. The lowest BCUT2D eigenvalue weighted by molar-refractivity contribution is -0.0628. The predicted molar refractivity (Wildman–Crippen MR) is 98.9 cm³/mol. The molecule has 26 heavy (non-hydrogen) atoms. The zero-order chi connectivity index (χ0) is 19.0. The molecule has 1 amide bonds. The van der Waals surface area contributed by atoms with Crippen LogP contribution in [0.15, 0.2) is 30.3 Å². The molecule has 1 aliphatic heterocycles. The first-order valence-electron chi connectivity index (χ1n) is 9.23. The van der Waals surface area contributed by atoms with Gasteiger partial charge in [0.05, 0.1) is 25.9 Å². The second-order valence-electron chi connectivity index (χ2n) is 7.65. The van der Waals surface area contributed by atoms with Crippen molar-refractivity contribution in [3.63, 3.8) is 0 Å². The van der Waals surface area contributed by atoms with E-state index in [1.807, 2.05) is 51.1 Å². The van der Waals surface area contributed by atoms with Crippen molar-refractivity contribution in [3.05, 3.63) is 35.9 Å². The molecular formula is C20H31NO5. The van der Waals surface area contributed by atoms with E-state index in [0.29, 0.717) is 19.7 Å². The van der Waals surface area contributed by atoms with Gasteiger partial charge in [0.2, 0.25) is 0 Å². The Labute approximate surface area is 156 Å². The Morgan fingerprint density at radius 2 is 1.85 bits per heavy atom. The van der Waals surface area contributed by atoms with Crippen LogP contribution >= 0.6 is 0 Å². The lowest BCUT2D eigenvalue weighted by Gasteiger charge is -2.33. The largest absolute Gasteiger partial charge is 0.444 e. The van der Waals surface area contributed by atoms with E-state index in [-0.39, 0.29) is 25.4 Å². The van der Waals surface area contributed by atoms with E-state index in [0.717, 1.165) is 18.4 Å². The summed E-state index contributed by atoms with van der Waals surface area (Å²) in [5.41, 5.74) is 0.601. The second kappa shape index (κ2) is 9.90. The average molecular weight is 365 g/mol. The SMILES string of the molecule is CC(C)(C)OC(=O)N1CCC(OC[C@@H](O)COCc2ccccc2)CC1. The molecule has 0 spiro atoms. The zero-order valence-electron chi connectivity index (χ0n) is 16.0. The van der Waals surface area contributed by atoms with Gasteiger partial charge in [0.1, 0.15) is 11.7 Å². The molecular weight excluding hydrogens is 334 g/mol. The molecule has 0 saturated carbocycles. The van der Waals surface area contributed by atoms with Crippen molar-refractivity contribution >= 4 is 6.09 Å². The Morgan fingerprint density at radius 3 is 2.46 bits per heavy atom. The minimum atomic E-state index is -0.650. The van der Waals surface area contributed by atoms with Gasteiger partial charge in [-0.05, 0) is 39.2 Å².